The zero-order valence-electron chi connectivity index (χ0n) is 18.5. The molecule has 7 heteroatoms. The number of hydrogen-bond acceptors (Lipinski definition) is 4. The first kappa shape index (κ1) is 23.2. The number of carbonyl (C=O) groups excluding carboxylic acids is 1. The van der Waals surface area contributed by atoms with Gasteiger partial charge in [-0.25, -0.2) is 9.78 Å². The van der Waals surface area contributed by atoms with Crippen LogP contribution in [0.3, 0.4) is 0 Å². The van der Waals surface area contributed by atoms with E-state index in [1.165, 1.54) is 12.8 Å². The van der Waals surface area contributed by atoms with Crippen molar-refractivity contribution in [3.63, 3.8) is 0 Å². The number of aromatic nitrogens is 2. The van der Waals surface area contributed by atoms with Crippen LogP contribution in [0.15, 0.2) is 12.5 Å². The second kappa shape index (κ2) is 9.63. The molecular weight excluding hydrogens is 370 g/mol. The maximum absolute atomic E-state index is 11.9. The van der Waals surface area contributed by atoms with Crippen molar-refractivity contribution in [2.75, 3.05) is 6.54 Å². The van der Waals surface area contributed by atoms with Gasteiger partial charge < -0.3 is 19.7 Å². The van der Waals surface area contributed by atoms with Gasteiger partial charge in [0.1, 0.15) is 5.60 Å². The molecule has 7 nitrogen and oxygen atoms in total. The Balaban J connectivity index is 1.87. The smallest absolute Gasteiger partial charge is 0.407 e. The highest BCUT2D eigenvalue weighted by Crippen LogP contribution is 2.33. The van der Waals surface area contributed by atoms with Gasteiger partial charge in [0, 0.05) is 25.2 Å². The summed E-state index contributed by atoms with van der Waals surface area (Å²) in [5.41, 5.74) is -0.654. The monoisotopic (exact) mass is 407 g/mol. The lowest BCUT2D eigenvalue weighted by molar-refractivity contribution is -0.148. The first-order valence-corrected chi connectivity index (χ1v) is 10.7. The average Bonchev–Trinajstić information content (AvgIpc) is 3.06. The standard InChI is InChI=1S/C22H37N3O4/c1-16-7-9-18(10-8-16)25-14-17(24-15-25)13-22(5,19(26)27)11-6-12-23-20(28)29-21(2,3)4/h14-16,18H,6-13H2,1-5H3,(H,23,28)(H,26,27). The summed E-state index contributed by atoms with van der Waals surface area (Å²) in [4.78, 5) is 28.1. The van der Waals surface area contributed by atoms with Gasteiger partial charge in [-0.05, 0) is 72.1 Å². The van der Waals surface area contributed by atoms with Crippen molar-refractivity contribution in [1.82, 2.24) is 14.9 Å². The summed E-state index contributed by atoms with van der Waals surface area (Å²) in [6, 6.07) is 0.474. The van der Waals surface area contributed by atoms with Crippen molar-refractivity contribution < 1.29 is 19.4 Å². The Hall–Kier alpha value is -2.05. The summed E-state index contributed by atoms with van der Waals surface area (Å²) < 4.78 is 7.36. The number of nitrogens with one attached hydrogen (secondary N) is 1. The van der Waals surface area contributed by atoms with Crippen LogP contribution in [0.4, 0.5) is 4.79 Å². The van der Waals surface area contributed by atoms with E-state index in [-0.39, 0.29) is 0 Å². The maximum atomic E-state index is 11.9. The third-order valence-corrected chi connectivity index (χ3v) is 5.72. The number of carboxylic acid groups (broad SMARTS) is 1. The highest BCUT2D eigenvalue weighted by molar-refractivity contribution is 5.74. The molecule has 1 amide bonds. The van der Waals surface area contributed by atoms with E-state index in [1.54, 1.807) is 27.7 Å². The molecule has 1 fully saturated rings. The molecule has 1 unspecified atom stereocenters. The van der Waals surface area contributed by atoms with Crippen LogP contribution >= 0.6 is 0 Å². The lowest BCUT2D eigenvalue weighted by Gasteiger charge is -2.27. The van der Waals surface area contributed by atoms with Gasteiger partial charge in [-0.2, -0.15) is 0 Å². The van der Waals surface area contributed by atoms with Gasteiger partial charge in [-0.15, -0.1) is 0 Å². The molecule has 2 rings (SSSR count). The molecule has 1 aliphatic carbocycles. The van der Waals surface area contributed by atoms with E-state index in [4.69, 9.17) is 4.74 Å². The second-order valence-electron chi connectivity index (χ2n) is 9.80. The normalized spacial score (nSPS) is 22.0. The van der Waals surface area contributed by atoms with E-state index in [9.17, 15) is 14.7 Å². The number of alkyl carbamates (subject to hydrolysis) is 1. The second-order valence-corrected chi connectivity index (χ2v) is 9.80. The van der Waals surface area contributed by atoms with E-state index < -0.39 is 23.1 Å². The fourth-order valence-corrected chi connectivity index (χ4v) is 3.87. The molecule has 1 aromatic rings. The van der Waals surface area contributed by atoms with Crippen LogP contribution in [0.25, 0.3) is 0 Å². The van der Waals surface area contributed by atoms with E-state index in [1.807, 2.05) is 12.5 Å². The number of ether oxygens (including phenoxy) is 1. The average molecular weight is 408 g/mol. The van der Waals surface area contributed by atoms with E-state index in [0.29, 0.717) is 31.8 Å². The minimum Gasteiger partial charge on any atom is -0.481 e. The number of hydrogen-bond donors (Lipinski definition) is 2. The lowest BCUT2D eigenvalue weighted by atomic mass is 9.81. The van der Waals surface area contributed by atoms with Crippen LogP contribution in [0.2, 0.25) is 0 Å². The molecule has 0 radical (unpaired) electrons. The van der Waals surface area contributed by atoms with Crippen molar-refractivity contribution in [3.8, 4) is 0 Å². The summed E-state index contributed by atoms with van der Waals surface area (Å²) in [6.07, 6.45) is 9.55. The highest BCUT2D eigenvalue weighted by Gasteiger charge is 2.34. The minimum atomic E-state index is -0.921. The molecular formula is C22H37N3O4. The van der Waals surface area contributed by atoms with Crippen molar-refractivity contribution >= 4 is 12.1 Å². The summed E-state index contributed by atoms with van der Waals surface area (Å²) in [6.45, 7) is 9.85. The Morgan fingerprint density at radius 2 is 1.90 bits per heavy atom. The van der Waals surface area contributed by atoms with Gasteiger partial charge in [-0.1, -0.05) is 6.92 Å². The SMILES string of the molecule is CC1CCC(n2cnc(CC(C)(CCCNC(=O)OC(C)(C)C)C(=O)O)c2)CC1. The third kappa shape index (κ3) is 7.37. The molecule has 0 aliphatic heterocycles. The van der Waals surface area contributed by atoms with Crippen LogP contribution < -0.4 is 5.32 Å². The van der Waals surface area contributed by atoms with Gasteiger partial charge in [0.2, 0.25) is 0 Å². The Labute approximate surface area is 174 Å². The van der Waals surface area contributed by atoms with Crippen molar-refractivity contribution in [1.29, 1.82) is 0 Å². The molecule has 1 aromatic heterocycles. The predicted molar refractivity (Wildman–Crippen MR) is 112 cm³/mol. The Bertz CT molecular complexity index is 686. The van der Waals surface area contributed by atoms with Gasteiger partial charge in [0.25, 0.3) is 0 Å². The van der Waals surface area contributed by atoms with E-state index in [2.05, 4.69) is 21.8 Å². The number of carboxylic acids is 1. The molecule has 0 aromatic carbocycles. The fourth-order valence-electron chi connectivity index (χ4n) is 3.87. The minimum absolute atomic E-state index is 0.380. The van der Waals surface area contributed by atoms with Crippen LogP contribution in [-0.2, 0) is 16.0 Å². The van der Waals surface area contributed by atoms with Gasteiger partial charge >= 0.3 is 12.1 Å². The van der Waals surface area contributed by atoms with E-state index >= 15 is 0 Å². The number of imidazole rings is 1. The first-order valence-electron chi connectivity index (χ1n) is 10.7. The number of nitrogens with zero attached hydrogens (tertiary/aromatic N) is 2. The van der Waals surface area contributed by atoms with Crippen molar-refractivity contribution in [2.45, 2.75) is 91.2 Å². The van der Waals surface area contributed by atoms with Crippen LogP contribution in [0.1, 0.15) is 84.9 Å². The van der Waals surface area contributed by atoms with Crippen LogP contribution in [0.5, 0.6) is 0 Å². The lowest BCUT2D eigenvalue weighted by Crippen LogP contribution is -2.35. The molecule has 2 N–H and O–H groups in total. The zero-order valence-corrected chi connectivity index (χ0v) is 18.5. The Kier molecular flexibility index (Phi) is 7.72. The summed E-state index contributed by atoms with van der Waals surface area (Å²) in [5.74, 6) is -0.0466. The van der Waals surface area contributed by atoms with Gasteiger partial charge in [0.15, 0.2) is 0 Å². The largest absolute Gasteiger partial charge is 0.481 e. The Morgan fingerprint density at radius 1 is 1.24 bits per heavy atom. The molecule has 29 heavy (non-hydrogen) atoms. The topological polar surface area (TPSA) is 93.5 Å². The molecule has 1 aliphatic rings. The third-order valence-electron chi connectivity index (χ3n) is 5.72. The number of rotatable bonds is 8. The summed E-state index contributed by atoms with van der Waals surface area (Å²) in [5, 5.41) is 12.5. The first-order chi connectivity index (χ1) is 13.5. The zero-order chi connectivity index (χ0) is 21.7. The number of aliphatic carboxylic acids is 1. The van der Waals surface area contributed by atoms with Crippen molar-refractivity contribution in [2.24, 2.45) is 11.3 Å². The predicted octanol–water partition coefficient (Wildman–Crippen LogP) is 4.57. The molecule has 0 spiro atoms. The Morgan fingerprint density at radius 3 is 2.48 bits per heavy atom. The van der Waals surface area contributed by atoms with E-state index in [0.717, 1.165) is 24.5 Å². The molecule has 1 heterocycles. The van der Waals surface area contributed by atoms with Crippen LogP contribution in [0, 0.1) is 11.3 Å². The van der Waals surface area contributed by atoms with Gasteiger partial charge in [0.05, 0.1) is 17.4 Å². The molecule has 164 valence electrons. The maximum Gasteiger partial charge on any atom is 0.407 e. The molecule has 1 atom stereocenters. The van der Waals surface area contributed by atoms with Gasteiger partial charge in [-0.3, -0.25) is 4.79 Å². The number of amides is 1. The fraction of sp³-hybridized carbons (Fsp3) is 0.773. The summed E-state index contributed by atoms with van der Waals surface area (Å²) >= 11 is 0. The molecule has 0 bridgehead atoms. The highest BCUT2D eigenvalue weighted by atomic mass is 16.6. The molecule has 1 saturated carbocycles. The number of carbonyl (C=O) groups is 2. The quantitative estimate of drug-likeness (QED) is 0.616. The van der Waals surface area contributed by atoms with Crippen LogP contribution in [-0.4, -0.2) is 38.9 Å². The molecule has 0 saturated heterocycles. The summed E-state index contributed by atoms with van der Waals surface area (Å²) in [7, 11) is 0. The van der Waals surface area contributed by atoms with Crippen molar-refractivity contribution in [3.05, 3.63) is 18.2 Å².